The summed E-state index contributed by atoms with van der Waals surface area (Å²) in [6.07, 6.45) is 8.37. The Labute approximate surface area is 320 Å². The second-order valence-corrected chi connectivity index (χ2v) is 16.2. The van der Waals surface area contributed by atoms with E-state index >= 15 is 0 Å². The molecule has 0 N–H and O–H groups in total. The largest absolute Gasteiger partial charge is 0.456 e. The second kappa shape index (κ2) is 12.6. The molecule has 0 atom stereocenters. The van der Waals surface area contributed by atoms with Crippen molar-refractivity contribution in [2.24, 2.45) is 17.8 Å². The zero-order valence-electron chi connectivity index (χ0n) is 30.5. The molecule has 5 heteroatoms. The van der Waals surface area contributed by atoms with Crippen molar-refractivity contribution in [2.45, 2.75) is 43.9 Å². The Kier molecular flexibility index (Phi) is 7.35. The number of hydrogen-bond acceptors (Lipinski definition) is 5. The van der Waals surface area contributed by atoms with E-state index < -0.39 is 0 Å². The average Bonchev–Trinajstić information content (AvgIpc) is 3.61. The van der Waals surface area contributed by atoms with E-state index in [2.05, 4.69) is 121 Å². The van der Waals surface area contributed by atoms with E-state index in [4.69, 9.17) is 19.4 Å². The van der Waals surface area contributed by atoms with Crippen LogP contribution in [0.15, 0.2) is 144 Å². The van der Waals surface area contributed by atoms with Crippen LogP contribution in [0, 0.1) is 29.1 Å². The number of rotatable bonds is 6. The van der Waals surface area contributed by atoms with Gasteiger partial charge in [-0.3, -0.25) is 0 Å². The number of fused-ring (bicyclic) bond motifs is 3. The number of benzene rings is 6. The normalized spacial score (nSPS) is 21.3. The number of furan rings is 1. The van der Waals surface area contributed by atoms with E-state index in [0.717, 1.165) is 73.1 Å². The predicted molar refractivity (Wildman–Crippen MR) is 219 cm³/mol. The fourth-order valence-corrected chi connectivity index (χ4v) is 10.5. The first kappa shape index (κ1) is 32.1. The predicted octanol–water partition coefficient (Wildman–Crippen LogP) is 12.4. The number of aromatic nitrogens is 3. The third-order valence-corrected chi connectivity index (χ3v) is 12.7. The lowest BCUT2D eigenvalue weighted by atomic mass is 9.48. The zero-order chi connectivity index (χ0) is 36.5. The number of nitriles is 1. The molecular formula is C50H38N4O. The number of hydrogen-bond donors (Lipinski definition) is 0. The van der Waals surface area contributed by atoms with Gasteiger partial charge in [0.25, 0.3) is 0 Å². The van der Waals surface area contributed by atoms with Crippen molar-refractivity contribution in [1.82, 2.24) is 15.0 Å². The van der Waals surface area contributed by atoms with Crippen LogP contribution in [0.25, 0.3) is 78.4 Å². The highest BCUT2D eigenvalue weighted by Gasteiger charge is 2.51. The van der Waals surface area contributed by atoms with Crippen LogP contribution in [0.2, 0.25) is 0 Å². The fourth-order valence-electron chi connectivity index (χ4n) is 10.5. The highest BCUT2D eigenvalue weighted by atomic mass is 16.3. The molecule has 8 aromatic rings. The summed E-state index contributed by atoms with van der Waals surface area (Å²) in [6.45, 7) is 0. The maximum absolute atomic E-state index is 9.44. The van der Waals surface area contributed by atoms with Gasteiger partial charge in [-0.1, -0.05) is 103 Å². The Morgan fingerprint density at radius 3 is 1.69 bits per heavy atom. The molecule has 4 bridgehead atoms. The summed E-state index contributed by atoms with van der Waals surface area (Å²) in [7, 11) is 0. The van der Waals surface area contributed by atoms with Crippen molar-refractivity contribution in [2.75, 3.05) is 0 Å². The van der Waals surface area contributed by atoms with Crippen LogP contribution in [-0.2, 0) is 5.41 Å². The summed E-state index contributed by atoms with van der Waals surface area (Å²) in [6, 6.07) is 50.6. The summed E-state index contributed by atoms with van der Waals surface area (Å²) in [5, 5.41) is 11.4. The molecule has 0 unspecified atom stereocenters. The van der Waals surface area contributed by atoms with E-state index in [1.807, 2.05) is 18.2 Å². The third-order valence-electron chi connectivity index (χ3n) is 12.7. The lowest BCUT2D eigenvalue weighted by Crippen LogP contribution is -2.48. The van der Waals surface area contributed by atoms with Gasteiger partial charge in [0.1, 0.15) is 11.2 Å². The summed E-state index contributed by atoms with van der Waals surface area (Å²) in [5.41, 5.74) is 11.3. The first-order valence-corrected chi connectivity index (χ1v) is 19.6. The SMILES string of the molecule is N#Cc1ccc2oc3cc(-c4cccc(-c5nc(-c6ccc(-c7ccccc7)cc6)nc(-c6ccc(C78C[C@H]9C[C@H](C7)C[C@@H](C8)C9)cc6)n5)c4)ccc3c2c1. The Hall–Kier alpha value is -6.38. The van der Waals surface area contributed by atoms with E-state index in [0.29, 0.717) is 28.5 Å². The molecule has 4 aliphatic rings. The van der Waals surface area contributed by atoms with Crippen molar-refractivity contribution in [1.29, 1.82) is 5.26 Å². The molecular weight excluding hydrogens is 673 g/mol. The van der Waals surface area contributed by atoms with Gasteiger partial charge in [0.2, 0.25) is 0 Å². The van der Waals surface area contributed by atoms with Crippen LogP contribution in [0.1, 0.15) is 49.7 Å². The molecule has 5 nitrogen and oxygen atoms in total. The highest BCUT2D eigenvalue weighted by Crippen LogP contribution is 2.60. The summed E-state index contributed by atoms with van der Waals surface area (Å²) in [5.74, 6) is 4.67. The van der Waals surface area contributed by atoms with Crippen LogP contribution in [0.4, 0.5) is 0 Å². The average molecular weight is 711 g/mol. The van der Waals surface area contributed by atoms with Gasteiger partial charge in [-0.15, -0.1) is 0 Å². The Morgan fingerprint density at radius 2 is 1.02 bits per heavy atom. The first-order valence-electron chi connectivity index (χ1n) is 19.6. The topological polar surface area (TPSA) is 75.6 Å². The van der Waals surface area contributed by atoms with Gasteiger partial charge in [-0.2, -0.15) is 5.26 Å². The summed E-state index contributed by atoms with van der Waals surface area (Å²) < 4.78 is 6.23. The molecule has 0 saturated heterocycles. The molecule has 0 aliphatic heterocycles. The fraction of sp³-hybridized carbons (Fsp3) is 0.200. The molecule has 0 spiro atoms. The highest BCUT2D eigenvalue weighted by molar-refractivity contribution is 6.06. The minimum Gasteiger partial charge on any atom is -0.456 e. The zero-order valence-corrected chi connectivity index (χ0v) is 30.5. The van der Waals surface area contributed by atoms with Crippen molar-refractivity contribution in [3.8, 4) is 62.5 Å². The molecule has 2 heterocycles. The maximum atomic E-state index is 9.44. The number of nitrogens with zero attached hydrogens (tertiary/aromatic N) is 4. The van der Waals surface area contributed by atoms with Gasteiger partial charge in [0.15, 0.2) is 17.5 Å². The Bertz CT molecular complexity index is 2760. The molecule has 0 radical (unpaired) electrons. The second-order valence-electron chi connectivity index (χ2n) is 16.2. The lowest BCUT2D eigenvalue weighted by molar-refractivity contribution is -0.00518. The van der Waals surface area contributed by atoms with Crippen LogP contribution >= 0.6 is 0 Å². The van der Waals surface area contributed by atoms with Crippen molar-refractivity contribution in [3.63, 3.8) is 0 Å². The van der Waals surface area contributed by atoms with Crippen LogP contribution < -0.4 is 0 Å². The van der Waals surface area contributed by atoms with Gasteiger partial charge in [-0.25, -0.2) is 15.0 Å². The van der Waals surface area contributed by atoms with E-state index in [9.17, 15) is 5.26 Å². The molecule has 55 heavy (non-hydrogen) atoms. The minimum atomic E-state index is 0.342. The van der Waals surface area contributed by atoms with Gasteiger partial charge in [-0.05, 0) is 126 Å². The molecule has 4 fully saturated rings. The smallest absolute Gasteiger partial charge is 0.164 e. The van der Waals surface area contributed by atoms with E-state index in [1.165, 1.54) is 49.7 Å². The summed E-state index contributed by atoms with van der Waals surface area (Å²) >= 11 is 0. The van der Waals surface area contributed by atoms with Crippen LogP contribution in [-0.4, -0.2) is 15.0 Å². The summed E-state index contributed by atoms with van der Waals surface area (Å²) in [4.78, 5) is 15.4. The minimum absolute atomic E-state index is 0.342. The standard InChI is InChI=1S/C50H38N4O/c51-30-31-9-20-45-44(24-31)43-19-16-40(26-46(43)55-45)39-7-4-8-41(25-39)49-53-47(37-12-10-36(11-13-37)35-5-2-1-3-6-35)52-48(54-49)38-14-17-42(18-15-38)50-27-32-21-33(28-50)23-34(22-32)29-50/h1-20,24-26,32-34H,21-23,27-29H2/t32-,33-,34-,50?. The van der Waals surface area contributed by atoms with Gasteiger partial charge >= 0.3 is 0 Å². The van der Waals surface area contributed by atoms with E-state index in [-0.39, 0.29) is 0 Å². The van der Waals surface area contributed by atoms with Crippen molar-refractivity contribution in [3.05, 3.63) is 151 Å². The van der Waals surface area contributed by atoms with Gasteiger partial charge in [0.05, 0.1) is 11.6 Å². The molecule has 4 aliphatic carbocycles. The molecule has 4 saturated carbocycles. The van der Waals surface area contributed by atoms with Crippen LogP contribution in [0.3, 0.4) is 0 Å². The molecule has 2 aromatic heterocycles. The molecule has 6 aromatic carbocycles. The molecule has 12 rings (SSSR count). The molecule has 264 valence electrons. The Balaban J connectivity index is 0.981. The van der Waals surface area contributed by atoms with Crippen LogP contribution in [0.5, 0.6) is 0 Å². The Morgan fingerprint density at radius 1 is 0.473 bits per heavy atom. The van der Waals surface area contributed by atoms with Crippen molar-refractivity contribution < 1.29 is 4.42 Å². The molecule has 0 amide bonds. The van der Waals surface area contributed by atoms with Gasteiger partial charge in [0, 0.05) is 27.5 Å². The first-order chi connectivity index (χ1) is 27.1. The van der Waals surface area contributed by atoms with Gasteiger partial charge < -0.3 is 4.42 Å². The van der Waals surface area contributed by atoms with Crippen molar-refractivity contribution >= 4 is 21.9 Å². The lowest BCUT2D eigenvalue weighted by Gasteiger charge is -2.57. The monoisotopic (exact) mass is 710 g/mol. The maximum Gasteiger partial charge on any atom is 0.164 e. The third kappa shape index (κ3) is 5.63. The quantitative estimate of drug-likeness (QED) is 0.172. The van der Waals surface area contributed by atoms with E-state index in [1.54, 1.807) is 6.07 Å².